The van der Waals surface area contributed by atoms with Gasteiger partial charge in [-0.05, 0) is 31.0 Å². The highest BCUT2D eigenvalue weighted by molar-refractivity contribution is 5.81. The lowest BCUT2D eigenvalue weighted by Gasteiger charge is -2.26. The van der Waals surface area contributed by atoms with E-state index in [-0.39, 0.29) is 17.9 Å². The van der Waals surface area contributed by atoms with Gasteiger partial charge in [0.05, 0.1) is 11.7 Å². The average Bonchev–Trinajstić information content (AvgIpc) is 3.17. The molecule has 7 heteroatoms. The van der Waals surface area contributed by atoms with Gasteiger partial charge in [-0.1, -0.05) is 32.9 Å². The summed E-state index contributed by atoms with van der Waals surface area (Å²) in [6.45, 7) is 8.13. The van der Waals surface area contributed by atoms with Gasteiger partial charge in [-0.25, -0.2) is 9.67 Å². The Labute approximate surface area is 160 Å². The van der Waals surface area contributed by atoms with E-state index >= 15 is 0 Å². The number of hydrogen-bond donors (Lipinski definition) is 1. The lowest BCUT2D eigenvalue weighted by atomic mass is 9.96. The first kappa shape index (κ1) is 20.6. The molecule has 146 valence electrons. The molecule has 1 unspecified atom stereocenters. The quantitative estimate of drug-likeness (QED) is 0.759. The molecule has 0 radical (unpaired) electrons. The average molecular weight is 371 g/mol. The lowest BCUT2D eigenvalue weighted by molar-refractivity contribution is -0.132. The second-order valence-corrected chi connectivity index (χ2v) is 7.72. The number of aromatic nitrogens is 3. The molecule has 1 aromatic heterocycles. The zero-order valence-electron chi connectivity index (χ0n) is 16.8. The minimum absolute atomic E-state index is 0.00384. The van der Waals surface area contributed by atoms with E-state index in [1.54, 1.807) is 15.9 Å². The van der Waals surface area contributed by atoms with Crippen molar-refractivity contribution in [1.29, 1.82) is 0 Å². The van der Waals surface area contributed by atoms with Gasteiger partial charge in [-0.2, -0.15) is 5.10 Å². The molecule has 0 saturated heterocycles. The van der Waals surface area contributed by atoms with Gasteiger partial charge in [0.2, 0.25) is 11.8 Å². The molecule has 0 spiro atoms. The summed E-state index contributed by atoms with van der Waals surface area (Å²) < 4.78 is 1.69. The molecule has 2 amide bonds. The number of rotatable bonds is 7. The first-order valence-corrected chi connectivity index (χ1v) is 9.19. The fraction of sp³-hybridized carbons (Fsp3) is 0.500. The molecule has 1 N–H and O–H groups in total. The van der Waals surface area contributed by atoms with Crippen LogP contribution in [0.25, 0.3) is 5.69 Å². The summed E-state index contributed by atoms with van der Waals surface area (Å²) in [5, 5.41) is 6.98. The normalized spacial score (nSPS) is 12.5. The van der Waals surface area contributed by atoms with Gasteiger partial charge in [0.1, 0.15) is 12.7 Å². The molecule has 1 aromatic carbocycles. The predicted octanol–water partition coefficient (Wildman–Crippen LogP) is 2.73. The Balaban J connectivity index is 1.84. The number of amides is 2. The molecule has 7 nitrogen and oxygen atoms in total. The summed E-state index contributed by atoms with van der Waals surface area (Å²) in [4.78, 5) is 30.0. The Kier molecular flexibility index (Phi) is 6.71. The predicted molar refractivity (Wildman–Crippen MR) is 104 cm³/mol. The van der Waals surface area contributed by atoms with Crippen LogP contribution >= 0.6 is 0 Å². The van der Waals surface area contributed by atoms with Crippen LogP contribution in [0.5, 0.6) is 0 Å². The van der Waals surface area contributed by atoms with Gasteiger partial charge in [0.25, 0.3) is 0 Å². The van der Waals surface area contributed by atoms with E-state index in [0.717, 1.165) is 11.3 Å². The minimum atomic E-state index is -0.409. The van der Waals surface area contributed by atoms with E-state index in [4.69, 9.17) is 0 Å². The van der Waals surface area contributed by atoms with Crippen LogP contribution in [-0.2, 0) is 9.59 Å². The Hall–Kier alpha value is -2.70. The summed E-state index contributed by atoms with van der Waals surface area (Å²) in [6, 6.07) is 7.87. The third kappa shape index (κ3) is 5.64. The number of nitrogens with zero attached hydrogens (tertiary/aromatic N) is 4. The second-order valence-electron chi connectivity index (χ2n) is 7.72. The van der Waals surface area contributed by atoms with Crippen molar-refractivity contribution in [2.75, 3.05) is 13.6 Å². The van der Waals surface area contributed by atoms with Crippen LogP contribution in [0.4, 0.5) is 0 Å². The maximum atomic E-state index is 12.4. The zero-order valence-corrected chi connectivity index (χ0v) is 16.8. The Morgan fingerprint density at radius 3 is 2.44 bits per heavy atom. The van der Waals surface area contributed by atoms with Gasteiger partial charge >= 0.3 is 0 Å². The van der Waals surface area contributed by atoms with Crippen LogP contribution in [0, 0.1) is 5.41 Å². The van der Waals surface area contributed by atoms with Crippen LogP contribution in [0.2, 0.25) is 0 Å². The van der Waals surface area contributed by atoms with E-state index in [1.165, 1.54) is 6.33 Å². The summed E-state index contributed by atoms with van der Waals surface area (Å²) in [5.74, 6) is 0.0667. The molecule has 0 aliphatic carbocycles. The number of benzene rings is 1. The summed E-state index contributed by atoms with van der Waals surface area (Å²) >= 11 is 0. The van der Waals surface area contributed by atoms with Crippen molar-refractivity contribution >= 4 is 11.8 Å². The number of carbonyl (C=O) groups is 2. The Morgan fingerprint density at radius 1 is 1.22 bits per heavy atom. The van der Waals surface area contributed by atoms with E-state index in [1.807, 2.05) is 59.0 Å². The molecule has 1 atom stereocenters. The van der Waals surface area contributed by atoms with Crippen molar-refractivity contribution in [1.82, 2.24) is 25.0 Å². The fourth-order valence-corrected chi connectivity index (χ4v) is 2.57. The molecule has 0 fully saturated rings. The third-order valence-electron chi connectivity index (χ3n) is 4.57. The number of carbonyl (C=O) groups excluding carboxylic acids is 2. The van der Waals surface area contributed by atoms with E-state index in [2.05, 4.69) is 15.4 Å². The van der Waals surface area contributed by atoms with E-state index < -0.39 is 5.41 Å². The van der Waals surface area contributed by atoms with Crippen molar-refractivity contribution in [3.8, 4) is 5.69 Å². The van der Waals surface area contributed by atoms with Crippen molar-refractivity contribution in [3.05, 3.63) is 42.5 Å². The van der Waals surface area contributed by atoms with Gasteiger partial charge in [-0.15, -0.1) is 0 Å². The first-order chi connectivity index (χ1) is 12.7. The molecule has 2 aromatic rings. The van der Waals surface area contributed by atoms with Crippen LogP contribution in [-0.4, -0.2) is 45.1 Å². The van der Waals surface area contributed by atoms with Crippen molar-refractivity contribution in [2.24, 2.45) is 5.41 Å². The van der Waals surface area contributed by atoms with Gasteiger partial charge in [0.15, 0.2) is 0 Å². The maximum absolute atomic E-state index is 12.4. The molecule has 0 saturated carbocycles. The third-order valence-corrected chi connectivity index (χ3v) is 4.57. The Morgan fingerprint density at radius 2 is 1.89 bits per heavy atom. The summed E-state index contributed by atoms with van der Waals surface area (Å²) in [7, 11) is 1.81. The van der Waals surface area contributed by atoms with Crippen LogP contribution in [0.1, 0.15) is 52.1 Å². The lowest BCUT2D eigenvalue weighted by Crippen LogP contribution is -2.36. The molecule has 27 heavy (non-hydrogen) atoms. The molecule has 0 aliphatic rings. The van der Waals surface area contributed by atoms with Crippen molar-refractivity contribution < 1.29 is 9.59 Å². The smallest absolute Gasteiger partial charge is 0.225 e. The minimum Gasteiger partial charge on any atom is -0.356 e. The molecule has 0 bridgehead atoms. The molecule has 2 rings (SSSR count). The fourth-order valence-electron chi connectivity index (χ4n) is 2.57. The SMILES string of the molecule is CC(c1ccc(-n2cncn2)cc1)N(C)C(=O)CCCNC(=O)C(C)(C)C. The van der Waals surface area contributed by atoms with Gasteiger partial charge in [-0.3, -0.25) is 9.59 Å². The second kappa shape index (κ2) is 8.79. The largest absolute Gasteiger partial charge is 0.356 e. The summed E-state index contributed by atoms with van der Waals surface area (Å²) in [6.07, 6.45) is 4.17. The molecular weight excluding hydrogens is 342 g/mol. The first-order valence-electron chi connectivity index (χ1n) is 9.19. The van der Waals surface area contributed by atoms with Gasteiger partial charge < -0.3 is 10.2 Å². The number of hydrogen-bond acceptors (Lipinski definition) is 4. The summed E-state index contributed by atoms with van der Waals surface area (Å²) in [5.41, 5.74) is 1.57. The highest BCUT2D eigenvalue weighted by Gasteiger charge is 2.21. The standard InChI is InChI=1S/C20H29N5O2/c1-15(16-8-10-17(11-9-16)25-14-21-13-23-25)24(5)18(26)7-6-12-22-19(27)20(2,3)4/h8-11,13-15H,6-7,12H2,1-5H3,(H,22,27). The van der Waals surface area contributed by atoms with Crippen molar-refractivity contribution in [3.63, 3.8) is 0 Å². The van der Waals surface area contributed by atoms with Crippen LogP contribution in [0.15, 0.2) is 36.9 Å². The highest BCUT2D eigenvalue weighted by Crippen LogP contribution is 2.21. The molecule has 1 heterocycles. The molecular formula is C20H29N5O2. The number of nitrogens with one attached hydrogen (secondary N) is 1. The van der Waals surface area contributed by atoms with E-state index in [0.29, 0.717) is 19.4 Å². The van der Waals surface area contributed by atoms with E-state index in [9.17, 15) is 9.59 Å². The van der Waals surface area contributed by atoms with Crippen LogP contribution in [0.3, 0.4) is 0 Å². The van der Waals surface area contributed by atoms with Gasteiger partial charge in [0, 0.05) is 25.4 Å². The van der Waals surface area contributed by atoms with Crippen molar-refractivity contribution in [2.45, 2.75) is 46.6 Å². The molecule has 0 aliphatic heterocycles. The maximum Gasteiger partial charge on any atom is 0.225 e. The highest BCUT2D eigenvalue weighted by atomic mass is 16.2. The van der Waals surface area contributed by atoms with Crippen LogP contribution < -0.4 is 5.32 Å². The Bertz CT molecular complexity index is 748. The zero-order chi connectivity index (χ0) is 20.0. The topological polar surface area (TPSA) is 80.1 Å². The monoisotopic (exact) mass is 371 g/mol.